The maximum Gasteiger partial charge on any atom is 0.277 e. The van der Waals surface area contributed by atoms with Gasteiger partial charge in [-0.1, -0.05) is 36.0 Å². The van der Waals surface area contributed by atoms with Crippen LogP contribution in [-0.4, -0.2) is 58.8 Å². The third kappa shape index (κ3) is 6.05. The molecule has 4 aromatic rings. The molecule has 0 saturated carbocycles. The molecule has 0 atom stereocenters. The molecule has 2 amide bonds. The van der Waals surface area contributed by atoms with Crippen LogP contribution in [0.3, 0.4) is 0 Å². The Morgan fingerprint density at radius 1 is 0.947 bits per heavy atom. The summed E-state index contributed by atoms with van der Waals surface area (Å²) in [5.41, 5.74) is 2.55. The fourth-order valence-electron chi connectivity index (χ4n) is 4.06. The average Bonchev–Trinajstić information content (AvgIpc) is 3.41. The van der Waals surface area contributed by atoms with Gasteiger partial charge in [-0.2, -0.15) is 0 Å². The molecule has 8 nitrogen and oxygen atoms in total. The van der Waals surface area contributed by atoms with Gasteiger partial charge in [-0.05, 0) is 64.5 Å². The van der Waals surface area contributed by atoms with E-state index in [0.29, 0.717) is 43.0 Å². The lowest BCUT2D eigenvalue weighted by Gasteiger charge is -2.36. The second-order valence-corrected chi connectivity index (χ2v) is 10.3. The van der Waals surface area contributed by atoms with Crippen LogP contribution in [0.2, 0.25) is 0 Å². The lowest BCUT2D eigenvalue weighted by molar-refractivity contribution is -0.113. The summed E-state index contributed by atoms with van der Waals surface area (Å²) in [6.07, 6.45) is 0. The zero-order chi connectivity index (χ0) is 26.5. The van der Waals surface area contributed by atoms with Gasteiger partial charge < -0.3 is 19.5 Å². The summed E-state index contributed by atoms with van der Waals surface area (Å²) < 4.78 is 20.5. The molecular weight excluding hydrogens is 573 g/mol. The SMILES string of the molecule is O=C(CSc1nnc(-c2ccccc2Br)o1)Nc1ccc(N2CCN(C(=O)c3ccccc3F)CC2)cc1. The van der Waals surface area contributed by atoms with Gasteiger partial charge in [0.1, 0.15) is 5.82 Å². The first kappa shape index (κ1) is 25.9. The molecule has 1 aromatic heterocycles. The fourth-order valence-corrected chi connectivity index (χ4v) is 5.08. The van der Waals surface area contributed by atoms with E-state index in [2.05, 4.69) is 36.3 Å². The van der Waals surface area contributed by atoms with E-state index < -0.39 is 5.82 Å². The number of nitrogens with zero attached hydrogens (tertiary/aromatic N) is 4. The van der Waals surface area contributed by atoms with Gasteiger partial charge in [-0.15, -0.1) is 10.2 Å². The van der Waals surface area contributed by atoms with Crippen LogP contribution in [0.5, 0.6) is 0 Å². The molecule has 0 unspecified atom stereocenters. The molecule has 0 bridgehead atoms. The Morgan fingerprint density at radius 2 is 1.66 bits per heavy atom. The lowest BCUT2D eigenvalue weighted by Crippen LogP contribution is -2.49. The summed E-state index contributed by atoms with van der Waals surface area (Å²) in [6, 6.07) is 21.1. The standard InChI is InChI=1S/C27H23BrFN5O3S/c28-22-7-3-1-5-20(22)25-31-32-27(37-25)38-17-24(35)30-18-9-11-19(12-10-18)33-13-15-34(16-14-33)26(36)21-6-2-4-8-23(21)29/h1-12H,13-17H2,(H,30,35). The predicted octanol–water partition coefficient (Wildman–Crippen LogP) is 5.33. The highest BCUT2D eigenvalue weighted by Gasteiger charge is 2.24. The van der Waals surface area contributed by atoms with Crippen molar-refractivity contribution in [2.45, 2.75) is 5.22 Å². The van der Waals surface area contributed by atoms with E-state index in [1.807, 2.05) is 48.5 Å². The van der Waals surface area contributed by atoms with Gasteiger partial charge in [0.25, 0.3) is 11.1 Å². The van der Waals surface area contributed by atoms with E-state index in [-0.39, 0.29) is 23.1 Å². The van der Waals surface area contributed by atoms with Crippen molar-refractivity contribution in [2.75, 3.05) is 42.1 Å². The van der Waals surface area contributed by atoms with E-state index in [1.54, 1.807) is 17.0 Å². The van der Waals surface area contributed by atoms with E-state index in [4.69, 9.17) is 4.42 Å². The lowest BCUT2D eigenvalue weighted by atomic mass is 10.1. The second-order valence-electron chi connectivity index (χ2n) is 8.50. The first-order valence-corrected chi connectivity index (χ1v) is 13.7. The van der Waals surface area contributed by atoms with Crippen molar-refractivity contribution < 1.29 is 18.4 Å². The number of anilines is 2. The smallest absolute Gasteiger partial charge is 0.277 e. The number of hydrogen-bond acceptors (Lipinski definition) is 7. The van der Waals surface area contributed by atoms with E-state index >= 15 is 0 Å². The second kappa shape index (κ2) is 11.8. The van der Waals surface area contributed by atoms with Crippen molar-refractivity contribution >= 4 is 50.9 Å². The van der Waals surface area contributed by atoms with Gasteiger partial charge in [0.15, 0.2) is 0 Å². The molecule has 0 aliphatic carbocycles. The minimum atomic E-state index is -0.502. The molecule has 3 aromatic carbocycles. The number of carbonyl (C=O) groups is 2. The summed E-state index contributed by atoms with van der Waals surface area (Å²) >= 11 is 4.63. The molecule has 194 valence electrons. The van der Waals surface area contributed by atoms with Gasteiger partial charge in [0, 0.05) is 42.0 Å². The van der Waals surface area contributed by atoms with Gasteiger partial charge in [-0.3, -0.25) is 9.59 Å². The fraction of sp³-hybridized carbons (Fsp3) is 0.185. The molecule has 38 heavy (non-hydrogen) atoms. The first-order chi connectivity index (χ1) is 18.5. The summed E-state index contributed by atoms with van der Waals surface area (Å²) in [4.78, 5) is 28.9. The van der Waals surface area contributed by atoms with Gasteiger partial charge >= 0.3 is 0 Å². The maximum absolute atomic E-state index is 14.0. The number of aromatic nitrogens is 2. The number of nitrogens with one attached hydrogen (secondary N) is 1. The molecule has 0 spiro atoms. The van der Waals surface area contributed by atoms with Crippen LogP contribution in [-0.2, 0) is 4.79 Å². The van der Waals surface area contributed by atoms with Crippen molar-refractivity contribution in [3.8, 4) is 11.5 Å². The molecule has 1 saturated heterocycles. The molecule has 2 heterocycles. The number of amides is 2. The summed E-state index contributed by atoms with van der Waals surface area (Å²) in [5, 5.41) is 11.3. The molecule has 5 rings (SSSR count). The Hall–Kier alpha value is -3.70. The molecule has 11 heteroatoms. The number of thioether (sulfide) groups is 1. The Labute approximate surface area is 231 Å². The Morgan fingerprint density at radius 3 is 2.39 bits per heavy atom. The Bertz CT molecular complexity index is 1440. The van der Waals surface area contributed by atoms with Crippen LogP contribution in [0, 0.1) is 5.82 Å². The summed E-state index contributed by atoms with van der Waals surface area (Å²) in [7, 11) is 0. The van der Waals surface area contributed by atoms with Crippen LogP contribution >= 0.6 is 27.7 Å². The number of rotatable bonds is 7. The van der Waals surface area contributed by atoms with Crippen LogP contribution in [0.4, 0.5) is 15.8 Å². The van der Waals surface area contributed by atoms with Gasteiger partial charge in [0.2, 0.25) is 11.8 Å². The van der Waals surface area contributed by atoms with Gasteiger partial charge in [-0.25, -0.2) is 4.39 Å². The summed E-state index contributed by atoms with van der Waals surface area (Å²) in [6.45, 7) is 2.27. The highest BCUT2D eigenvalue weighted by molar-refractivity contribution is 9.10. The van der Waals surface area contributed by atoms with E-state index in [0.717, 1.165) is 15.7 Å². The first-order valence-electron chi connectivity index (χ1n) is 11.9. The Kier molecular flexibility index (Phi) is 8.04. The highest BCUT2D eigenvalue weighted by Crippen LogP contribution is 2.29. The highest BCUT2D eigenvalue weighted by atomic mass is 79.9. The van der Waals surface area contributed by atoms with Crippen molar-refractivity contribution in [3.63, 3.8) is 0 Å². The van der Waals surface area contributed by atoms with E-state index in [9.17, 15) is 14.0 Å². The number of hydrogen-bond donors (Lipinski definition) is 1. The molecule has 1 N–H and O–H groups in total. The van der Waals surface area contributed by atoms with Crippen molar-refractivity contribution in [1.82, 2.24) is 15.1 Å². The van der Waals surface area contributed by atoms with Gasteiger partial charge in [0.05, 0.1) is 16.9 Å². The van der Waals surface area contributed by atoms with E-state index in [1.165, 1.54) is 23.9 Å². The largest absolute Gasteiger partial charge is 0.411 e. The number of benzene rings is 3. The minimum Gasteiger partial charge on any atom is -0.411 e. The quantitative estimate of drug-likeness (QED) is 0.289. The molecule has 1 aliphatic rings. The topological polar surface area (TPSA) is 91.6 Å². The zero-order valence-corrected chi connectivity index (χ0v) is 22.5. The van der Waals surface area contributed by atoms with Crippen molar-refractivity contribution in [2.24, 2.45) is 0 Å². The van der Waals surface area contributed by atoms with Crippen LogP contribution in [0.15, 0.2) is 86.9 Å². The minimum absolute atomic E-state index is 0.100. The van der Waals surface area contributed by atoms with Crippen molar-refractivity contribution in [1.29, 1.82) is 0 Å². The monoisotopic (exact) mass is 595 g/mol. The maximum atomic E-state index is 14.0. The molecule has 0 radical (unpaired) electrons. The molecular formula is C27H23BrFN5O3S. The number of carbonyl (C=O) groups excluding carboxylic acids is 2. The third-order valence-corrected chi connectivity index (χ3v) is 7.53. The third-order valence-electron chi connectivity index (χ3n) is 6.02. The summed E-state index contributed by atoms with van der Waals surface area (Å²) in [5.74, 6) is -0.476. The number of halogens is 2. The van der Waals surface area contributed by atoms with Crippen LogP contribution in [0.25, 0.3) is 11.5 Å². The normalized spacial score (nSPS) is 13.4. The molecule has 1 fully saturated rings. The zero-order valence-electron chi connectivity index (χ0n) is 20.1. The van der Waals surface area contributed by atoms with Crippen LogP contribution < -0.4 is 10.2 Å². The van der Waals surface area contributed by atoms with Crippen LogP contribution in [0.1, 0.15) is 10.4 Å². The molecule has 1 aliphatic heterocycles. The van der Waals surface area contributed by atoms with Crippen molar-refractivity contribution in [3.05, 3.63) is 88.6 Å². The Balaban J connectivity index is 1.10. The predicted molar refractivity (Wildman–Crippen MR) is 148 cm³/mol. The number of piperazine rings is 1. The average molecular weight is 596 g/mol.